The number of nitrogens with two attached hydrogens (primary N) is 1. The summed E-state index contributed by atoms with van der Waals surface area (Å²) in [5, 5.41) is 0. The van der Waals surface area contributed by atoms with Gasteiger partial charge in [-0.1, -0.05) is 30.3 Å². The first kappa shape index (κ1) is 13.6. The summed E-state index contributed by atoms with van der Waals surface area (Å²) in [6.07, 6.45) is 0.962. The zero-order valence-corrected chi connectivity index (χ0v) is 11.9. The molecule has 0 aromatic heterocycles. The van der Waals surface area contributed by atoms with Crippen LogP contribution in [0.4, 0.5) is 0 Å². The largest absolute Gasteiger partial charge is 0.373 e. The van der Waals surface area contributed by atoms with Crippen LogP contribution in [-0.4, -0.2) is 42.6 Å². The Kier molecular flexibility index (Phi) is 3.76. The fraction of sp³-hybridized carbons (Fsp3) is 0.562. The summed E-state index contributed by atoms with van der Waals surface area (Å²) in [6, 6.07) is 10.5. The molecule has 3 rings (SSSR count). The van der Waals surface area contributed by atoms with Crippen LogP contribution in [0.25, 0.3) is 0 Å². The molecular formula is C16H22N2O2. The summed E-state index contributed by atoms with van der Waals surface area (Å²) in [7, 11) is 0. The van der Waals surface area contributed by atoms with Crippen molar-refractivity contribution < 1.29 is 9.53 Å². The van der Waals surface area contributed by atoms with Gasteiger partial charge < -0.3 is 15.4 Å². The van der Waals surface area contributed by atoms with Crippen LogP contribution in [0.1, 0.15) is 24.8 Å². The molecule has 1 aliphatic carbocycles. The summed E-state index contributed by atoms with van der Waals surface area (Å²) >= 11 is 0. The third kappa shape index (κ3) is 2.58. The lowest BCUT2D eigenvalue weighted by Crippen LogP contribution is -2.53. The van der Waals surface area contributed by atoms with E-state index in [9.17, 15) is 4.79 Å². The number of amides is 1. The van der Waals surface area contributed by atoms with Crippen molar-refractivity contribution in [1.29, 1.82) is 0 Å². The van der Waals surface area contributed by atoms with E-state index in [1.54, 1.807) is 0 Å². The number of benzene rings is 1. The van der Waals surface area contributed by atoms with Gasteiger partial charge in [0.15, 0.2) is 0 Å². The molecule has 4 unspecified atom stereocenters. The first-order chi connectivity index (χ1) is 9.70. The topological polar surface area (TPSA) is 55.6 Å². The van der Waals surface area contributed by atoms with Crippen molar-refractivity contribution in [1.82, 2.24) is 4.90 Å². The van der Waals surface area contributed by atoms with Gasteiger partial charge in [-0.15, -0.1) is 0 Å². The minimum absolute atomic E-state index is 0.0101. The van der Waals surface area contributed by atoms with Crippen molar-refractivity contribution in [3.05, 3.63) is 35.9 Å². The van der Waals surface area contributed by atoms with Crippen molar-refractivity contribution >= 4 is 5.91 Å². The SMILES string of the molecule is CC1COC(CN)CN1C(=O)C1CC1c1ccccc1. The summed E-state index contributed by atoms with van der Waals surface area (Å²) in [5.74, 6) is 0.819. The van der Waals surface area contributed by atoms with Crippen LogP contribution in [0, 0.1) is 5.92 Å². The number of hydrogen-bond donors (Lipinski definition) is 1. The van der Waals surface area contributed by atoms with E-state index in [0.717, 1.165) is 6.42 Å². The Bertz CT molecular complexity index is 477. The Balaban J connectivity index is 1.65. The normalized spacial score (nSPS) is 33.0. The van der Waals surface area contributed by atoms with Crippen LogP contribution in [0.3, 0.4) is 0 Å². The van der Waals surface area contributed by atoms with Gasteiger partial charge in [0.05, 0.1) is 18.8 Å². The van der Waals surface area contributed by atoms with E-state index in [4.69, 9.17) is 10.5 Å². The van der Waals surface area contributed by atoms with Crippen molar-refractivity contribution in [2.75, 3.05) is 19.7 Å². The molecule has 1 heterocycles. The van der Waals surface area contributed by atoms with E-state index in [1.807, 2.05) is 30.0 Å². The Morgan fingerprint density at radius 3 is 2.85 bits per heavy atom. The van der Waals surface area contributed by atoms with Gasteiger partial charge >= 0.3 is 0 Å². The molecule has 0 radical (unpaired) electrons. The molecular weight excluding hydrogens is 252 g/mol. The molecule has 4 atom stereocenters. The maximum absolute atomic E-state index is 12.6. The van der Waals surface area contributed by atoms with E-state index in [2.05, 4.69) is 12.1 Å². The van der Waals surface area contributed by atoms with Crippen molar-refractivity contribution in [3.63, 3.8) is 0 Å². The van der Waals surface area contributed by atoms with Crippen LogP contribution in [0.2, 0.25) is 0 Å². The Morgan fingerprint density at radius 1 is 1.40 bits per heavy atom. The van der Waals surface area contributed by atoms with Gasteiger partial charge in [0.25, 0.3) is 0 Å². The molecule has 1 aromatic carbocycles. The summed E-state index contributed by atoms with van der Waals surface area (Å²) in [5.41, 5.74) is 6.94. The number of nitrogens with zero attached hydrogens (tertiary/aromatic N) is 1. The lowest BCUT2D eigenvalue weighted by Gasteiger charge is -2.38. The molecule has 4 heteroatoms. The predicted molar refractivity (Wildman–Crippen MR) is 77.3 cm³/mol. The van der Waals surface area contributed by atoms with E-state index in [1.165, 1.54) is 5.56 Å². The Morgan fingerprint density at radius 2 is 2.15 bits per heavy atom. The lowest BCUT2D eigenvalue weighted by atomic mass is 10.1. The molecule has 1 saturated carbocycles. The van der Waals surface area contributed by atoms with Crippen LogP contribution in [0.15, 0.2) is 30.3 Å². The zero-order chi connectivity index (χ0) is 14.1. The molecule has 4 nitrogen and oxygen atoms in total. The minimum Gasteiger partial charge on any atom is -0.373 e. The number of carbonyl (C=O) groups is 1. The molecule has 1 amide bonds. The second-order valence-corrected chi connectivity index (χ2v) is 5.89. The van der Waals surface area contributed by atoms with Gasteiger partial charge in [0, 0.05) is 19.0 Å². The van der Waals surface area contributed by atoms with Gasteiger partial charge in [-0.3, -0.25) is 4.79 Å². The molecule has 0 spiro atoms. The second kappa shape index (κ2) is 5.54. The third-order valence-corrected chi connectivity index (χ3v) is 4.39. The van der Waals surface area contributed by atoms with Crippen molar-refractivity contribution in [3.8, 4) is 0 Å². The molecule has 1 saturated heterocycles. The third-order valence-electron chi connectivity index (χ3n) is 4.39. The van der Waals surface area contributed by atoms with E-state index >= 15 is 0 Å². The maximum atomic E-state index is 12.6. The molecule has 1 aliphatic heterocycles. The van der Waals surface area contributed by atoms with Gasteiger partial charge in [0.2, 0.25) is 5.91 Å². The summed E-state index contributed by atoms with van der Waals surface area (Å²) in [4.78, 5) is 14.6. The Hall–Kier alpha value is -1.39. The van der Waals surface area contributed by atoms with Crippen LogP contribution >= 0.6 is 0 Å². The van der Waals surface area contributed by atoms with Crippen LogP contribution < -0.4 is 5.73 Å². The van der Waals surface area contributed by atoms with Gasteiger partial charge in [0.1, 0.15) is 0 Å². The van der Waals surface area contributed by atoms with Crippen molar-refractivity contribution in [2.45, 2.75) is 31.4 Å². The predicted octanol–water partition coefficient (Wildman–Crippen LogP) is 1.36. The maximum Gasteiger partial charge on any atom is 0.226 e. The highest BCUT2D eigenvalue weighted by molar-refractivity contribution is 5.83. The van der Waals surface area contributed by atoms with E-state index in [0.29, 0.717) is 25.6 Å². The summed E-state index contributed by atoms with van der Waals surface area (Å²) in [6.45, 7) is 3.75. The molecule has 108 valence electrons. The van der Waals surface area contributed by atoms with E-state index in [-0.39, 0.29) is 24.0 Å². The quantitative estimate of drug-likeness (QED) is 0.905. The fourth-order valence-corrected chi connectivity index (χ4v) is 3.02. The molecule has 2 fully saturated rings. The highest BCUT2D eigenvalue weighted by Crippen LogP contribution is 2.48. The van der Waals surface area contributed by atoms with Crippen LogP contribution in [-0.2, 0) is 9.53 Å². The first-order valence-electron chi connectivity index (χ1n) is 7.37. The molecule has 2 aliphatic rings. The lowest BCUT2D eigenvalue weighted by molar-refractivity contribution is -0.145. The summed E-state index contributed by atoms with van der Waals surface area (Å²) < 4.78 is 5.61. The Labute approximate surface area is 119 Å². The molecule has 1 aromatic rings. The number of ether oxygens (including phenoxy) is 1. The second-order valence-electron chi connectivity index (χ2n) is 5.89. The number of morpholine rings is 1. The monoisotopic (exact) mass is 274 g/mol. The zero-order valence-electron chi connectivity index (χ0n) is 11.9. The van der Waals surface area contributed by atoms with Crippen LogP contribution in [0.5, 0.6) is 0 Å². The highest BCUT2D eigenvalue weighted by Gasteiger charge is 2.47. The number of hydrogen-bond acceptors (Lipinski definition) is 3. The van der Waals surface area contributed by atoms with Gasteiger partial charge in [-0.05, 0) is 24.8 Å². The standard InChI is InChI=1S/C16H22N2O2/c1-11-10-20-13(8-17)9-18(11)16(19)15-7-14(15)12-5-3-2-4-6-12/h2-6,11,13-15H,7-10,17H2,1H3. The average Bonchev–Trinajstić information content (AvgIpc) is 3.28. The number of carbonyl (C=O) groups excluding carboxylic acids is 1. The fourth-order valence-electron chi connectivity index (χ4n) is 3.02. The highest BCUT2D eigenvalue weighted by atomic mass is 16.5. The average molecular weight is 274 g/mol. The first-order valence-corrected chi connectivity index (χ1v) is 7.37. The minimum atomic E-state index is -0.0101. The molecule has 0 bridgehead atoms. The van der Waals surface area contributed by atoms with Gasteiger partial charge in [-0.2, -0.15) is 0 Å². The van der Waals surface area contributed by atoms with Crippen molar-refractivity contribution in [2.24, 2.45) is 11.7 Å². The smallest absolute Gasteiger partial charge is 0.226 e. The van der Waals surface area contributed by atoms with Gasteiger partial charge in [-0.25, -0.2) is 0 Å². The number of rotatable bonds is 3. The molecule has 20 heavy (non-hydrogen) atoms. The van der Waals surface area contributed by atoms with E-state index < -0.39 is 0 Å². The molecule has 2 N–H and O–H groups in total.